The van der Waals surface area contributed by atoms with Gasteiger partial charge >= 0.3 is 6.18 Å². The number of hydrogen-bond donors (Lipinski definition) is 0. The van der Waals surface area contributed by atoms with Gasteiger partial charge in [-0.15, -0.1) is 0 Å². The molecule has 29 heavy (non-hydrogen) atoms. The fourth-order valence-electron chi connectivity index (χ4n) is 2.96. The molecule has 10 heteroatoms. The number of amides is 1. The molecule has 2 aromatic rings. The van der Waals surface area contributed by atoms with Crippen LogP contribution in [0.4, 0.5) is 19.0 Å². The van der Waals surface area contributed by atoms with Crippen LogP contribution in [0.25, 0.3) is 0 Å². The predicted molar refractivity (Wildman–Crippen MR) is 105 cm³/mol. The van der Waals surface area contributed by atoms with Gasteiger partial charge in [0.25, 0.3) is 5.91 Å². The van der Waals surface area contributed by atoms with Gasteiger partial charge in [0.15, 0.2) is 6.61 Å². The van der Waals surface area contributed by atoms with Crippen molar-refractivity contribution in [3.05, 3.63) is 52.1 Å². The Morgan fingerprint density at radius 3 is 2.59 bits per heavy atom. The number of anilines is 1. The highest BCUT2D eigenvalue weighted by Gasteiger charge is 2.31. The molecule has 0 spiro atoms. The third-order valence-electron chi connectivity index (χ3n) is 4.49. The lowest BCUT2D eigenvalue weighted by molar-refractivity contribution is -0.137. The molecule has 1 aromatic heterocycles. The van der Waals surface area contributed by atoms with E-state index in [1.807, 2.05) is 4.90 Å². The molecule has 156 valence electrons. The zero-order valence-electron chi connectivity index (χ0n) is 15.3. The van der Waals surface area contributed by atoms with E-state index < -0.39 is 11.7 Å². The molecule has 0 radical (unpaired) electrons. The Bertz CT molecular complexity index is 863. The summed E-state index contributed by atoms with van der Waals surface area (Å²) in [5, 5.41) is 0.809. The van der Waals surface area contributed by atoms with Crippen molar-refractivity contribution in [3.8, 4) is 5.75 Å². The first-order valence-electron chi connectivity index (χ1n) is 8.88. The van der Waals surface area contributed by atoms with Crippen LogP contribution >= 0.6 is 23.2 Å². The fraction of sp³-hybridized carbons (Fsp3) is 0.368. The van der Waals surface area contributed by atoms with Crippen molar-refractivity contribution < 1.29 is 22.7 Å². The number of ether oxygens (including phenoxy) is 1. The van der Waals surface area contributed by atoms with Crippen LogP contribution in [-0.2, 0) is 11.0 Å². The number of carbonyl (C=O) groups is 1. The van der Waals surface area contributed by atoms with Crippen LogP contribution in [-0.4, -0.2) is 48.6 Å². The van der Waals surface area contributed by atoms with Crippen molar-refractivity contribution in [2.45, 2.75) is 12.6 Å². The maximum absolute atomic E-state index is 12.7. The summed E-state index contributed by atoms with van der Waals surface area (Å²) >= 11 is 11.9. The third kappa shape index (κ3) is 5.67. The lowest BCUT2D eigenvalue weighted by Gasteiger charge is -2.23. The first-order chi connectivity index (χ1) is 13.7. The average Bonchev–Trinajstić information content (AvgIpc) is 2.94. The molecule has 2 heterocycles. The molecule has 1 amide bonds. The quantitative estimate of drug-likeness (QED) is 0.690. The van der Waals surface area contributed by atoms with Gasteiger partial charge in [-0.1, -0.05) is 23.2 Å². The number of carbonyl (C=O) groups excluding carboxylic acids is 1. The maximum Gasteiger partial charge on any atom is 0.417 e. The number of halogens is 5. The van der Waals surface area contributed by atoms with E-state index in [-0.39, 0.29) is 12.5 Å². The summed E-state index contributed by atoms with van der Waals surface area (Å²) in [6, 6.07) is 7.11. The largest absolute Gasteiger partial charge is 0.482 e. The van der Waals surface area contributed by atoms with Crippen LogP contribution in [0.1, 0.15) is 12.0 Å². The first-order valence-corrected chi connectivity index (χ1v) is 9.63. The molecule has 3 rings (SSSR count). The molecular weight excluding hydrogens is 430 g/mol. The van der Waals surface area contributed by atoms with Crippen LogP contribution in [0, 0.1) is 0 Å². The van der Waals surface area contributed by atoms with Crippen LogP contribution in [0.3, 0.4) is 0 Å². The SMILES string of the molecule is O=C(COc1cc(Cl)ccc1Cl)N1CCCN(c2ccc(C(F)(F)F)cn2)CC1. The number of aromatic nitrogens is 1. The van der Waals surface area contributed by atoms with Gasteiger partial charge in [-0.3, -0.25) is 4.79 Å². The number of rotatable bonds is 4. The van der Waals surface area contributed by atoms with Crippen molar-refractivity contribution in [2.75, 3.05) is 37.7 Å². The number of pyridine rings is 1. The molecule has 0 aliphatic carbocycles. The summed E-state index contributed by atoms with van der Waals surface area (Å²) in [6.45, 7) is 1.79. The number of hydrogen-bond acceptors (Lipinski definition) is 4. The van der Waals surface area contributed by atoms with Gasteiger partial charge in [-0.2, -0.15) is 13.2 Å². The van der Waals surface area contributed by atoms with Gasteiger partial charge in [0.1, 0.15) is 11.6 Å². The topological polar surface area (TPSA) is 45.7 Å². The molecule has 1 aromatic carbocycles. The highest BCUT2D eigenvalue weighted by molar-refractivity contribution is 6.34. The Morgan fingerprint density at radius 2 is 1.90 bits per heavy atom. The van der Waals surface area contributed by atoms with Gasteiger partial charge in [-0.05, 0) is 30.7 Å². The average molecular weight is 448 g/mol. The summed E-state index contributed by atoms with van der Waals surface area (Å²) in [6.07, 6.45) is -2.93. The second-order valence-corrected chi connectivity index (χ2v) is 7.33. The Hall–Kier alpha value is -2.19. The molecule has 1 aliphatic rings. The Morgan fingerprint density at radius 1 is 1.10 bits per heavy atom. The number of nitrogens with zero attached hydrogens (tertiary/aromatic N) is 3. The number of benzene rings is 1. The van der Waals surface area contributed by atoms with Crippen LogP contribution in [0.15, 0.2) is 36.5 Å². The molecule has 1 saturated heterocycles. The fourth-order valence-corrected chi connectivity index (χ4v) is 3.29. The zero-order chi connectivity index (χ0) is 21.0. The Kier molecular flexibility index (Phi) is 6.74. The summed E-state index contributed by atoms with van der Waals surface area (Å²) in [4.78, 5) is 19.9. The number of alkyl halides is 3. The van der Waals surface area contributed by atoms with Crippen molar-refractivity contribution in [2.24, 2.45) is 0 Å². The van der Waals surface area contributed by atoms with E-state index in [2.05, 4.69) is 4.98 Å². The van der Waals surface area contributed by atoms with E-state index in [1.165, 1.54) is 12.1 Å². The molecule has 1 aliphatic heterocycles. The maximum atomic E-state index is 12.7. The van der Waals surface area contributed by atoms with E-state index in [4.69, 9.17) is 27.9 Å². The lowest BCUT2D eigenvalue weighted by atomic mass is 10.2. The van der Waals surface area contributed by atoms with E-state index >= 15 is 0 Å². The second-order valence-electron chi connectivity index (χ2n) is 6.49. The third-order valence-corrected chi connectivity index (χ3v) is 5.04. The standard InChI is InChI=1S/C19H18Cl2F3N3O2/c20-14-3-4-15(21)16(10-14)29-12-18(28)27-7-1-6-26(8-9-27)17-5-2-13(11-25-17)19(22,23)24/h2-5,10-11H,1,6-9,12H2. The molecule has 0 N–H and O–H groups in total. The molecule has 0 atom stereocenters. The minimum Gasteiger partial charge on any atom is -0.482 e. The van der Waals surface area contributed by atoms with E-state index in [0.29, 0.717) is 54.2 Å². The van der Waals surface area contributed by atoms with Gasteiger partial charge in [0.2, 0.25) is 0 Å². The zero-order valence-corrected chi connectivity index (χ0v) is 16.8. The minimum absolute atomic E-state index is 0.182. The normalized spacial score (nSPS) is 15.2. The molecule has 0 bridgehead atoms. The summed E-state index contributed by atoms with van der Waals surface area (Å²) in [7, 11) is 0. The van der Waals surface area contributed by atoms with Crippen molar-refractivity contribution in [1.29, 1.82) is 0 Å². The Balaban J connectivity index is 1.56. The molecule has 1 fully saturated rings. The van der Waals surface area contributed by atoms with Crippen molar-refractivity contribution in [1.82, 2.24) is 9.88 Å². The van der Waals surface area contributed by atoms with Gasteiger partial charge in [-0.25, -0.2) is 4.98 Å². The van der Waals surface area contributed by atoms with E-state index in [0.717, 1.165) is 12.3 Å². The predicted octanol–water partition coefficient (Wildman–Crippen LogP) is 4.52. The Labute approximate surface area is 176 Å². The summed E-state index contributed by atoms with van der Waals surface area (Å²) in [5.41, 5.74) is -0.787. The first kappa shape index (κ1) is 21.5. The van der Waals surface area contributed by atoms with Crippen molar-refractivity contribution in [3.63, 3.8) is 0 Å². The molecule has 0 unspecified atom stereocenters. The molecular formula is C19H18Cl2F3N3O2. The summed E-state index contributed by atoms with van der Waals surface area (Å²) < 4.78 is 43.5. The van der Waals surface area contributed by atoms with E-state index in [9.17, 15) is 18.0 Å². The monoisotopic (exact) mass is 447 g/mol. The van der Waals surface area contributed by atoms with Gasteiger partial charge in [0, 0.05) is 43.5 Å². The molecule has 5 nitrogen and oxygen atoms in total. The van der Waals surface area contributed by atoms with Crippen LogP contribution in [0.5, 0.6) is 5.75 Å². The highest BCUT2D eigenvalue weighted by Crippen LogP contribution is 2.30. The molecule has 0 saturated carbocycles. The van der Waals surface area contributed by atoms with Crippen molar-refractivity contribution >= 4 is 34.9 Å². The van der Waals surface area contributed by atoms with Gasteiger partial charge in [0.05, 0.1) is 10.6 Å². The van der Waals surface area contributed by atoms with Crippen LogP contribution < -0.4 is 9.64 Å². The van der Waals surface area contributed by atoms with Crippen LogP contribution in [0.2, 0.25) is 10.0 Å². The van der Waals surface area contributed by atoms with E-state index in [1.54, 1.807) is 17.0 Å². The smallest absolute Gasteiger partial charge is 0.417 e. The highest BCUT2D eigenvalue weighted by atomic mass is 35.5. The lowest BCUT2D eigenvalue weighted by Crippen LogP contribution is -2.38. The second kappa shape index (κ2) is 9.09. The van der Waals surface area contributed by atoms with Gasteiger partial charge < -0.3 is 14.5 Å². The minimum atomic E-state index is -4.42. The summed E-state index contributed by atoms with van der Waals surface area (Å²) in [5.74, 6) is 0.579.